The highest BCUT2D eigenvalue weighted by Crippen LogP contribution is 2.17. The average molecular weight is 303 g/mol. The molecule has 5 nitrogen and oxygen atoms in total. The number of hydrogen-bond acceptors (Lipinski definition) is 4. The van der Waals surface area contributed by atoms with Crippen molar-refractivity contribution in [2.45, 2.75) is 12.8 Å². The van der Waals surface area contributed by atoms with Crippen LogP contribution in [0, 0.1) is 0 Å². The Balaban J connectivity index is 1.67. The maximum Gasteiger partial charge on any atom is 0.255 e. The summed E-state index contributed by atoms with van der Waals surface area (Å²) in [7, 11) is 0. The Bertz CT molecular complexity index is 621. The van der Waals surface area contributed by atoms with E-state index < -0.39 is 0 Å². The molecule has 21 heavy (non-hydrogen) atoms. The first kappa shape index (κ1) is 13.8. The van der Waals surface area contributed by atoms with Gasteiger partial charge >= 0.3 is 0 Å². The Hall–Kier alpha value is -2.14. The number of anilines is 2. The van der Waals surface area contributed by atoms with Crippen molar-refractivity contribution >= 4 is 29.1 Å². The highest BCUT2D eigenvalue weighted by molar-refractivity contribution is 6.30. The highest BCUT2D eigenvalue weighted by Gasteiger charge is 2.14. The van der Waals surface area contributed by atoms with E-state index in [-0.39, 0.29) is 5.91 Å². The molecule has 3 rings (SSSR count). The van der Waals surface area contributed by atoms with Gasteiger partial charge in [0.1, 0.15) is 0 Å². The van der Waals surface area contributed by atoms with Crippen LogP contribution in [-0.4, -0.2) is 29.0 Å². The van der Waals surface area contributed by atoms with Gasteiger partial charge in [-0.1, -0.05) is 11.6 Å². The lowest BCUT2D eigenvalue weighted by Gasteiger charge is -2.14. The van der Waals surface area contributed by atoms with Crippen LogP contribution < -0.4 is 10.2 Å². The Labute approximate surface area is 128 Å². The summed E-state index contributed by atoms with van der Waals surface area (Å²) in [4.78, 5) is 22.8. The fraction of sp³-hybridized carbons (Fsp3) is 0.267. The Morgan fingerprint density at radius 3 is 2.33 bits per heavy atom. The van der Waals surface area contributed by atoms with Crippen LogP contribution in [0.15, 0.2) is 36.7 Å². The second kappa shape index (κ2) is 6.10. The van der Waals surface area contributed by atoms with Crippen molar-refractivity contribution in [3.8, 4) is 0 Å². The van der Waals surface area contributed by atoms with E-state index in [1.54, 1.807) is 36.7 Å². The summed E-state index contributed by atoms with van der Waals surface area (Å²) in [5.41, 5.74) is 1.13. The van der Waals surface area contributed by atoms with Crippen LogP contribution in [0.2, 0.25) is 5.02 Å². The summed E-state index contributed by atoms with van der Waals surface area (Å²) in [6.07, 6.45) is 5.62. The Morgan fingerprint density at radius 1 is 1.10 bits per heavy atom. The maximum atomic E-state index is 12.0. The fourth-order valence-corrected chi connectivity index (χ4v) is 2.40. The molecule has 0 unspecified atom stereocenters. The summed E-state index contributed by atoms with van der Waals surface area (Å²) in [5, 5.41) is 3.37. The lowest BCUT2D eigenvalue weighted by molar-refractivity contribution is 0.102. The van der Waals surface area contributed by atoms with Gasteiger partial charge < -0.3 is 10.2 Å². The Kier molecular flexibility index (Phi) is 4.01. The van der Waals surface area contributed by atoms with Gasteiger partial charge in [-0.25, -0.2) is 9.97 Å². The van der Waals surface area contributed by atoms with Crippen LogP contribution >= 0.6 is 11.6 Å². The number of benzene rings is 1. The number of carbonyl (C=O) groups is 1. The quantitative estimate of drug-likeness (QED) is 0.947. The van der Waals surface area contributed by atoms with Gasteiger partial charge in [0.2, 0.25) is 5.95 Å². The van der Waals surface area contributed by atoms with Crippen molar-refractivity contribution in [1.82, 2.24) is 9.97 Å². The van der Waals surface area contributed by atoms with Crippen LogP contribution in [0.4, 0.5) is 11.6 Å². The molecule has 2 heterocycles. The molecule has 0 spiro atoms. The van der Waals surface area contributed by atoms with E-state index in [0.29, 0.717) is 16.3 Å². The zero-order valence-corrected chi connectivity index (χ0v) is 12.2. The largest absolute Gasteiger partial charge is 0.341 e. The zero-order chi connectivity index (χ0) is 14.7. The van der Waals surface area contributed by atoms with E-state index in [1.165, 1.54) is 12.8 Å². The minimum Gasteiger partial charge on any atom is -0.341 e. The number of rotatable bonds is 3. The van der Waals surface area contributed by atoms with E-state index in [0.717, 1.165) is 19.0 Å². The van der Waals surface area contributed by atoms with Gasteiger partial charge in [0.05, 0.1) is 18.1 Å². The molecule has 108 valence electrons. The van der Waals surface area contributed by atoms with Crippen LogP contribution in [0.1, 0.15) is 23.2 Å². The van der Waals surface area contributed by atoms with Crippen LogP contribution in [0.25, 0.3) is 0 Å². The summed E-state index contributed by atoms with van der Waals surface area (Å²) >= 11 is 5.80. The predicted molar refractivity (Wildman–Crippen MR) is 82.9 cm³/mol. The number of hydrogen-bond donors (Lipinski definition) is 1. The summed E-state index contributed by atoms with van der Waals surface area (Å²) in [6.45, 7) is 1.99. The monoisotopic (exact) mass is 302 g/mol. The molecule has 1 amide bonds. The standard InChI is InChI=1S/C15H15ClN4O/c16-12-5-3-11(4-6-12)14(21)19-13-9-17-15(18-10-13)20-7-1-2-8-20/h3-6,9-10H,1-2,7-8H2,(H,19,21). The van der Waals surface area contributed by atoms with Gasteiger partial charge in [-0.3, -0.25) is 4.79 Å². The van der Waals surface area contributed by atoms with Gasteiger partial charge in [0, 0.05) is 23.7 Å². The van der Waals surface area contributed by atoms with Crippen molar-refractivity contribution in [1.29, 1.82) is 0 Å². The first-order chi connectivity index (χ1) is 10.2. The second-order valence-corrected chi connectivity index (χ2v) is 5.36. The molecule has 1 saturated heterocycles. The second-order valence-electron chi connectivity index (χ2n) is 4.93. The molecule has 1 aromatic carbocycles. The van der Waals surface area contributed by atoms with Crippen molar-refractivity contribution < 1.29 is 4.79 Å². The van der Waals surface area contributed by atoms with Crippen molar-refractivity contribution in [2.24, 2.45) is 0 Å². The number of halogens is 1. The zero-order valence-electron chi connectivity index (χ0n) is 11.4. The molecule has 0 bridgehead atoms. The average Bonchev–Trinajstić information content (AvgIpc) is 3.03. The molecule has 1 fully saturated rings. The van der Waals surface area contributed by atoms with E-state index >= 15 is 0 Å². The smallest absolute Gasteiger partial charge is 0.255 e. The van der Waals surface area contributed by atoms with Crippen molar-refractivity contribution in [3.63, 3.8) is 0 Å². The third kappa shape index (κ3) is 3.31. The first-order valence-electron chi connectivity index (χ1n) is 6.86. The number of nitrogens with one attached hydrogen (secondary N) is 1. The maximum absolute atomic E-state index is 12.0. The molecule has 6 heteroatoms. The Morgan fingerprint density at radius 2 is 1.71 bits per heavy atom. The van der Waals surface area contributed by atoms with Crippen molar-refractivity contribution in [3.05, 3.63) is 47.2 Å². The molecule has 1 N–H and O–H groups in total. The van der Waals surface area contributed by atoms with Gasteiger partial charge in [-0.2, -0.15) is 0 Å². The van der Waals surface area contributed by atoms with Gasteiger partial charge in [-0.15, -0.1) is 0 Å². The van der Waals surface area contributed by atoms with Crippen LogP contribution in [0.3, 0.4) is 0 Å². The number of carbonyl (C=O) groups excluding carboxylic acids is 1. The minimum atomic E-state index is -0.204. The molecular formula is C15H15ClN4O. The number of aromatic nitrogens is 2. The topological polar surface area (TPSA) is 58.1 Å². The summed E-state index contributed by atoms with van der Waals surface area (Å²) < 4.78 is 0. The molecule has 0 atom stereocenters. The minimum absolute atomic E-state index is 0.204. The molecule has 2 aromatic rings. The van der Waals surface area contributed by atoms with E-state index in [9.17, 15) is 4.79 Å². The lowest BCUT2D eigenvalue weighted by Crippen LogP contribution is -2.20. The first-order valence-corrected chi connectivity index (χ1v) is 7.24. The molecule has 1 aliphatic heterocycles. The summed E-state index contributed by atoms with van der Waals surface area (Å²) in [6, 6.07) is 6.72. The third-order valence-corrected chi connectivity index (χ3v) is 3.64. The van der Waals surface area contributed by atoms with E-state index in [1.807, 2.05) is 0 Å². The molecule has 1 aromatic heterocycles. The van der Waals surface area contributed by atoms with Crippen LogP contribution in [0.5, 0.6) is 0 Å². The normalized spacial score (nSPS) is 14.2. The van der Waals surface area contributed by atoms with Gasteiger partial charge in [0.25, 0.3) is 5.91 Å². The van der Waals surface area contributed by atoms with E-state index in [2.05, 4.69) is 20.2 Å². The van der Waals surface area contributed by atoms with Gasteiger partial charge in [0.15, 0.2) is 0 Å². The third-order valence-electron chi connectivity index (χ3n) is 3.39. The highest BCUT2D eigenvalue weighted by atomic mass is 35.5. The molecular weight excluding hydrogens is 288 g/mol. The number of nitrogens with zero attached hydrogens (tertiary/aromatic N) is 3. The molecule has 0 saturated carbocycles. The molecule has 0 radical (unpaired) electrons. The fourth-order valence-electron chi connectivity index (χ4n) is 2.27. The van der Waals surface area contributed by atoms with E-state index in [4.69, 9.17) is 11.6 Å². The molecule has 0 aliphatic carbocycles. The summed E-state index contributed by atoms with van der Waals surface area (Å²) in [5.74, 6) is 0.515. The van der Waals surface area contributed by atoms with Crippen LogP contribution in [-0.2, 0) is 0 Å². The lowest BCUT2D eigenvalue weighted by atomic mass is 10.2. The molecule has 1 aliphatic rings. The SMILES string of the molecule is O=C(Nc1cnc(N2CCCC2)nc1)c1ccc(Cl)cc1. The van der Waals surface area contributed by atoms with Crippen molar-refractivity contribution in [2.75, 3.05) is 23.3 Å². The predicted octanol–water partition coefficient (Wildman–Crippen LogP) is 2.98. The number of amides is 1. The van der Waals surface area contributed by atoms with Gasteiger partial charge in [-0.05, 0) is 37.1 Å².